The van der Waals surface area contributed by atoms with Gasteiger partial charge in [-0.2, -0.15) is 4.98 Å². The standard InChI is InChI=1S/C28H23F5N6/c1-16(34)39-22-5-4-21(30)25(33)24(22)26(37-27(39)35)38(15-23(31)32)20-13-17(12-19(29)14-20)6-9-28(2,3)18-7-10-36-11-8-18/h4-5,7-8,10-14,23,34-35H,15H2,1-3H3. The average Bonchev–Trinajstić information content (AvgIpc) is 2.87. The van der Waals surface area contributed by atoms with E-state index in [1.54, 1.807) is 24.5 Å². The number of alkyl halides is 2. The smallest absolute Gasteiger partial charge is 0.256 e. The molecule has 0 saturated carbocycles. The molecule has 0 atom stereocenters. The zero-order valence-electron chi connectivity index (χ0n) is 21.2. The summed E-state index contributed by atoms with van der Waals surface area (Å²) >= 11 is 0. The van der Waals surface area contributed by atoms with Gasteiger partial charge >= 0.3 is 0 Å². The van der Waals surface area contributed by atoms with Gasteiger partial charge < -0.3 is 4.90 Å². The van der Waals surface area contributed by atoms with E-state index in [0.29, 0.717) is 0 Å². The third-order valence-corrected chi connectivity index (χ3v) is 5.99. The van der Waals surface area contributed by atoms with Crippen LogP contribution in [0.3, 0.4) is 0 Å². The van der Waals surface area contributed by atoms with Gasteiger partial charge in [0.2, 0.25) is 5.62 Å². The van der Waals surface area contributed by atoms with E-state index in [1.807, 2.05) is 13.8 Å². The van der Waals surface area contributed by atoms with E-state index in [2.05, 4.69) is 21.8 Å². The van der Waals surface area contributed by atoms with Crippen LogP contribution < -0.4 is 10.5 Å². The zero-order chi connectivity index (χ0) is 28.5. The van der Waals surface area contributed by atoms with Gasteiger partial charge in [0.15, 0.2) is 11.6 Å². The van der Waals surface area contributed by atoms with Gasteiger partial charge in [-0.1, -0.05) is 11.8 Å². The van der Waals surface area contributed by atoms with Crippen LogP contribution in [-0.2, 0) is 5.41 Å². The van der Waals surface area contributed by atoms with Crippen LogP contribution in [0.5, 0.6) is 0 Å². The molecular weight excluding hydrogens is 515 g/mol. The SMILES string of the molecule is CC(=N)n1c(=N)nc(N(CC(F)F)c2cc(F)cc(C#CC(C)(C)c3ccncc3)c2)c2c(F)c(F)ccc21. The molecule has 0 spiro atoms. The lowest BCUT2D eigenvalue weighted by Gasteiger charge is -2.26. The average molecular weight is 539 g/mol. The second-order valence-electron chi connectivity index (χ2n) is 9.25. The maximum absolute atomic E-state index is 15.1. The molecule has 0 bridgehead atoms. The zero-order valence-corrected chi connectivity index (χ0v) is 21.2. The van der Waals surface area contributed by atoms with Gasteiger partial charge in [-0.3, -0.25) is 20.4 Å². The van der Waals surface area contributed by atoms with Crippen LogP contribution in [0.4, 0.5) is 33.5 Å². The monoisotopic (exact) mass is 538 g/mol. The van der Waals surface area contributed by atoms with E-state index in [9.17, 15) is 17.6 Å². The molecule has 2 aromatic heterocycles. The first-order valence-corrected chi connectivity index (χ1v) is 11.7. The Morgan fingerprint density at radius 2 is 1.77 bits per heavy atom. The second-order valence-corrected chi connectivity index (χ2v) is 9.25. The molecule has 6 nitrogen and oxygen atoms in total. The highest BCUT2D eigenvalue weighted by molar-refractivity contribution is 5.97. The number of benzene rings is 2. The van der Waals surface area contributed by atoms with Gasteiger partial charge in [0.1, 0.15) is 17.5 Å². The van der Waals surface area contributed by atoms with Crippen molar-refractivity contribution in [1.82, 2.24) is 14.5 Å². The topological polar surface area (TPSA) is 81.7 Å². The molecular formula is C28H23F5N6. The van der Waals surface area contributed by atoms with E-state index in [-0.39, 0.29) is 22.6 Å². The Morgan fingerprint density at radius 3 is 2.41 bits per heavy atom. The molecule has 0 fully saturated rings. The molecule has 2 N–H and O–H groups in total. The first-order valence-electron chi connectivity index (χ1n) is 11.7. The number of pyridine rings is 1. The fourth-order valence-corrected chi connectivity index (χ4v) is 4.12. The number of nitrogens with zero attached hydrogens (tertiary/aromatic N) is 4. The van der Waals surface area contributed by atoms with Crippen LogP contribution in [0, 0.1) is 40.1 Å². The molecule has 0 aliphatic carbocycles. The van der Waals surface area contributed by atoms with E-state index in [4.69, 9.17) is 10.8 Å². The van der Waals surface area contributed by atoms with E-state index in [0.717, 1.165) is 39.3 Å². The van der Waals surface area contributed by atoms with Gasteiger partial charge in [-0.15, -0.1) is 0 Å². The number of rotatable bonds is 5. The minimum Gasteiger partial charge on any atom is -0.320 e. The van der Waals surface area contributed by atoms with Crippen molar-refractivity contribution < 1.29 is 22.0 Å². The predicted octanol–water partition coefficient (Wildman–Crippen LogP) is 5.91. The third kappa shape index (κ3) is 5.65. The fourth-order valence-electron chi connectivity index (χ4n) is 4.12. The summed E-state index contributed by atoms with van der Waals surface area (Å²) in [5.41, 5.74) is -0.515. The highest BCUT2D eigenvalue weighted by Crippen LogP contribution is 2.34. The Balaban J connectivity index is 1.93. The molecule has 0 aliphatic heterocycles. The molecule has 39 heavy (non-hydrogen) atoms. The van der Waals surface area contributed by atoms with Crippen molar-refractivity contribution in [3.63, 3.8) is 0 Å². The van der Waals surface area contributed by atoms with Crippen LogP contribution in [0.1, 0.15) is 31.9 Å². The molecule has 2 heterocycles. The molecule has 0 unspecified atom stereocenters. The summed E-state index contributed by atoms with van der Waals surface area (Å²) in [4.78, 5) is 8.75. The lowest BCUT2D eigenvalue weighted by atomic mass is 9.86. The minimum absolute atomic E-state index is 0.133. The quantitative estimate of drug-likeness (QED) is 0.144. The van der Waals surface area contributed by atoms with E-state index in [1.165, 1.54) is 13.0 Å². The van der Waals surface area contributed by atoms with Crippen LogP contribution in [-0.4, -0.2) is 33.3 Å². The highest BCUT2D eigenvalue weighted by Gasteiger charge is 2.25. The van der Waals surface area contributed by atoms with Gasteiger partial charge in [0.25, 0.3) is 6.43 Å². The van der Waals surface area contributed by atoms with Crippen molar-refractivity contribution in [2.75, 3.05) is 11.4 Å². The number of anilines is 2. The molecule has 0 radical (unpaired) electrons. The van der Waals surface area contributed by atoms with Gasteiger partial charge in [-0.05, 0) is 68.8 Å². The summed E-state index contributed by atoms with van der Waals surface area (Å²) in [6, 6.07) is 8.90. The van der Waals surface area contributed by atoms with Crippen LogP contribution in [0.25, 0.3) is 10.9 Å². The lowest BCUT2D eigenvalue weighted by Crippen LogP contribution is -2.33. The summed E-state index contributed by atoms with van der Waals surface area (Å²) < 4.78 is 72.7. The van der Waals surface area contributed by atoms with Crippen molar-refractivity contribution in [1.29, 1.82) is 10.8 Å². The first kappa shape index (κ1) is 27.4. The summed E-state index contributed by atoms with van der Waals surface area (Å²) in [6.07, 6.45) is 0.239. The van der Waals surface area contributed by atoms with Gasteiger partial charge in [-0.25, -0.2) is 22.0 Å². The maximum Gasteiger partial charge on any atom is 0.256 e. The Bertz CT molecular complexity index is 1690. The predicted molar refractivity (Wildman–Crippen MR) is 138 cm³/mol. The molecule has 11 heteroatoms. The number of nitrogens with one attached hydrogen (secondary N) is 2. The number of halogens is 5. The van der Waals surface area contributed by atoms with E-state index < -0.39 is 52.7 Å². The summed E-state index contributed by atoms with van der Waals surface area (Å²) in [5, 5.41) is 15.7. The molecule has 4 aromatic rings. The Hall–Kier alpha value is -4.59. The fraction of sp³-hybridized carbons (Fsp3) is 0.214. The number of aromatic nitrogens is 3. The van der Waals surface area contributed by atoms with Crippen molar-refractivity contribution in [2.24, 2.45) is 0 Å². The largest absolute Gasteiger partial charge is 0.320 e. The number of hydrogen-bond acceptors (Lipinski definition) is 5. The minimum atomic E-state index is -2.99. The van der Waals surface area contributed by atoms with Gasteiger partial charge in [0, 0.05) is 23.6 Å². The summed E-state index contributed by atoms with van der Waals surface area (Å²) in [7, 11) is 0. The van der Waals surface area contributed by atoms with Crippen LogP contribution >= 0.6 is 0 Å². The summed E-state index contributed by atoms with van der Waals surface area (Å²) in [6.45, 7) is 3.95. The Kier molecular flexibility index (Phi) is 7.49. The van der Waals surface area contributed by atoms with Crippen LogP contribution in [0.15, 0.2) is 54.9 Å². The van der Waals surface area contributed by atoms with Crippen LogP contribution in [0.2, 0.25) is 0 Å². The first-order chi connectivity index (χ1) is 18.4. The van der Waals surface area contributed by atoms with Gasteiger partial charge in [0.05, 0.1) is 22.9 Å². The summed E-state index contributed by atoms with van der Waals surface area (Å²) in [5.74, 6) is 1.68. The third-order valence-electron chi connectivity index (χ3n) is 5.99. The number of fused-ring (bicyclic) bond motifs is 1. The Labute approximate surface area is 220 Å². The normalized spacial score (nSPS) is 11.4. The number of hydrogen-bond donors (Lipinski definition) is 2. The molecule has 4 rings (SSSR count). The molecule has 0 aliphatic rings. The molecule has 2 aromatic carbocycles. The molecule has 0 amide bonds. The Morgan fingerprint density at radius 1 is 1.08 bits per heavy atom. The second kappa shape index (κ2) is 10.6. The molecule has 0 saturated heterocycles. The van der Waals surface area contributed by atoms with E-state index >= 15 is 4.39 Å². The highest BCUT2D eigenvalue weighted by atomic mass is 19.3. The van der Waals surface area contributed by atoms with Crippen molar-refractivity contribution in [3.05, 3.63) is 89.1 Å². The maximum atomic E-state index is 15.1. The molecule has 200 valence electrons. The lowest BCUT2D eigenvalue weighted by molar-refractivity contribution is 0.157. The van der Waals surface area contributed by atoms with Crippen molar-refractivity contribution in [3.8, 4) is 11.8 Å². The van der Waals surface area contributed by atoms with Crippen molar-refractivity contribution in [2.45, 2.75) is 32.6 Å². The van der Waals surface area contributed by atoms with Crippen molar-refractivity contribution >= 4 is 28.2 Å².